The van der Waals surface area contributed by atoms with Crippen molar-refractivity contribution < 1.29 is 18.0 Å². The second-order valence-electron chi connectivity index (χ2n) is 3.47. The maximum atomic E-state index is 12.4. The summed E-state index contributed by atoms with van der Waals surface area (Å²) in [5, 5.41) is 3.48. The number of halogens is 3. The van der Waals surface area contributed by atoms with E-state index in [1.54, 1.807) is 0 Å². The number of hydrogen-bond acceptors (Lipinski definition) is 2. The first-order chi connectivity index (χ1) is 8.04. The third-order valence-electron chi connectivity index (χ3n) is 2.02. The second-order valence-corrected chi connectivity index (χ2v) is 3.47. The van der Waals surface area contributed by atoms with E-state index in [1.807, 2.05) is 6.92 Å². The Hall–Kier alpha value is -1.52. The summed E-state index contributed by atoms with van der Waals surface area (Å²) < 4.78 is 37.1. The summed E-state index contributed by atoms with van der Waals surface area (Å²) >= 11 is 0. The lowest BCUT2D eigenvalue weighted by atomic mass is 10.1. The number of unbranched alkanes of at least 4 members (excludes halogenated alkanes) is 1. The van der Waals surface area contributed by atoms with Gasteiger partial charge in [-0.2, -0.15) is 13.2 Å². The van der Waals surface area contributed by atoms with Crippen LogP contribution in [0.5, 0.6) is 0 Å². The average molecular weight is 244 g/mol. The number of hydrogen-bond donors (Lipinski definition) is 0. The molecule has 0 bridgehead atoms. The molecule has 0 amide bonds. The van der Waals surface area contributed by atoms with Crippen molar-refractivity contribution in [1.29, 1.82) is 0 Å². The van der Waals surface area contributed by atoms with Crippen LogP contribution in [0.2, 0.25) is 0 Å². The van der Waals surface area contributed by atoms with Gasteiger partial charge < -0.3 is 4.84 Å². The van der Waals surface area contributed by atoms with Crippen LogP contribution in [-0.4, -0.2) is 12.8 Å². The molecule has 0 N–H and O–H groups in total. The van der Waals surface area contributed by atoms with E-state index >= 15 is 0 Å². The Labute approximate surface area is 98.1 Å². The summed E-state index contributed by atoms with van der Waals surface area (Å²) in [6.45, 7) is 2.45. The summed E-state index contributed by atoms with van der Waals surface area (Å²) in [7, 11) is 0. The summed E-state index contributed by atoms with van der Waals surface area (Å²) in [4.78, 5) is 4.84. The minimum atomic E-state index is -4.35. The highest BCUT2D eigenvalue weighted by Crippen LogP contribution is 2.29. The van der Waals surface area contributed by atoms with Gasteiger partial charge in [-0.25, -0.2) is 0 Å². The van der Waals surface area contributed by atoms with Crippen LogP contribution < -0.4 is 0 Å². The second kappa shape index (κ2) is 6.27. The topological polar surface area (TPSA) is 21.6 Å². The van der Waals surface area contributed by atoms with Gasteiger partial charge in [0.2, 0.25) is 0 Å². The molecular weight excluding hydrogens is 231 g/mol. The van der Waals surface area contributed by atoms with Crippen LogP contribution in [0.25, 0.3) is 0 Å². The van der Waals surface area contributed by atoms with Crippen LogP contribution in [0.4, 0.5) is 13.2 Å². The van der Waals surface area contributed by atoms with Crippen LogP contribution in [0.3, 0.4) is 0 Å². The lowest BCUT2D eigenvalue weighted by Gasteiger charge is -2.06. The molecule has 93 valence electrons. The molecule has 0 aliphatic rings. The highest BCUT2D eigenvalue weighted by atomic mass is 19.4. The van der Waals surface area contributed by atoms with Crippen LogP contribution in [0.15, 0.2) is 29.4 Å². The lowest BCUT2D eigenvalue weighted by Crippen LogP contribution is -2.05. The number of rotatable bonds is 5. The molecule has 1 radical (unpaired) electrons. The van der Waals surface area contributed by atoms with E-state index in [2.05, 4.69) is 11.4 Å². The summed E-state index contributed by atoms with van der Waals surface area (Å²) in [5.74, 6) is 0. The van der Waals surface area contributed by atoms with Gasteiger partial charge in [0.05, 0.1) is 5.56 Å². The number of benzene rings is 1. The SMILES string of the molecule is CCCCO/N=[C]\c1cccc(C(F)(F)F)c1. The predicted octanol–water partition coefficient (Wildman–Crippen LogP) is 3.73. The van der Waals surface area contributed by atoms with Gasteiger partial charge in [0.15, 0.2) is 0 Å². The molecule has 17 heavy (non-hydrogen) atoms. The van der Waals surface area contributed by atoms with Crippen molar-refractivity contribution in [2.75, 3.05) is 6.61 Å². The molecule has 0 saturated heterocycles. The highest BCUT2D eigenvalue weighted by Gasteiger charge is 2.30. The Morgan fingerprint density at radius 3 is 2.76 bits per heavy atom. The average Bonchev–Trinajstić information content (AvgIpc) is 2.28. The molecule has 1 aromatic carbocycles. The van der Waals surface area contributed by atoms with E-state index in [0.29, 0.717) is 6.61 Å². The first-order valence-electron chi connectivity index (χ1n) is 5.29. The van der Waals surface area contributed by atoms with Crippen molar-refractivity contribution in [3.8, 4) is 0 Å². The van der Waals surface area contributed by atoms with Crippen molar-refractivity contribution in [3.63, 3.8) is 0 Å². The Kier molecular flexibility index (Phi) is 5.00. The minimum Gasteiger partial charge on any atom is -0.395 e. The molecular formula is C12H13F3NO. The Morgan fingerprint density at radius 1 is 1.35 bits per heavy atom. The zero-order chi connectivity index (χ0) is 12.7. The van der Waals surface area contributed by atoms with Gasteiger partial charge in [-0.15, -0.1) is 0 Å². The van der Waals surface area contributed by atoms with E-state index in [4.69, 9.17) is 4.84 Å². The van der Waals surface area contributed by atoms with Crippen LogP contribution in [0.1, 0.15) is 30.9 Å². The number of alkyl halides is 3. The van der Waals surface area contributed by atoms with Crippen molar-refractivity contribution in [3.05, 3.63) is 35.4 Å². The van der Waals surface area contributed by atoms with E-state index in [1.165, 1.54) is 12.1 Å². The molecule has 0 saturated carbocycles. The van der Waals surface area contributed by atoms with Gasteiger partial charge in [-0.05, 0) is 18.6 Å². The standard InChI is InChI=1S/C12H13F3NO/c1-2-3-7-17-16-9-10-5-4-6-11(8-10)12(13,14)15/h4-6,8H,2-3,7H2,1H3. The maximum Gasteiger partial charge on any atom is 0.416 e. The molecule has 2 nitrogen and oxygen atoms in total. The molecule has 0 spiro atoms. The lowest BCUT2D eigenvalue weighted by molar-refractivity contribution is -0.137. The van der Waals surface area contributed by atoms with Crippen molar-refractivity contribution in [1.82, 2.24) is 0 Å². The summed E-state index contributed by atoms with van der Waals surface area (Å²) in [6, 6.07) is 4.78. The predicted molar refractivity (Wildman–Crippen MR) is 58.8 cm³/mol. The van der Waals surface area contributed by atoms with Gasteiger partial charge in [0.25, 0.3) is 0 Å². The zero-order valence-electron chi connectivity index (χ0n) is 9.42. The van der Waals surface area contributed by atoms with Crippen LogP contribution in [-0.2, 0) is 11.0 Å². The first kappa shape index (κ1) is 13.5. The first-order valence-corrected chi connectivity index (χ1v) is 5.29. The zero-order valence-corrected chi connectivity index (χ0v) is 9.42. The van der Waals surface area contributed by atoms with Crippen molar-refractivity contribution in [2.45, 2.75) is 25.9 Å². The quantitative estimate of drug-likeness (QED) is 0.439. The molecule has 0 heterocycles. The minimum absolute atomic E-state index is 0.247. The van der Waals surface area contributed by atoms with Gasteiger partial charge in [-0.1, -0.05) is 30.6 Å². The van der Waals surface area contributed by atoms with Gasteiger partial charge in [0.1, 0.15) is 12.8 Å². The largest absolute Gasteiger partial charge is 0.416 e. The Bertz CT molecular complexity index is 374. The third-order valence-corrected chi connectivity index (χ3v) is 2.02. The molecule has 0 fully saturated rings. The molecule has 0 aliphatic heterocycles. The molecule has 1 rings (SSSR count). The fourth-order valence-electron chi connectivity index (χ4n) is 1.10. The maximum absolute atomic E-state index is 12.4. The van der Waals surface area contributed by atoms with Gasteiger partial charge in [-0.3, -0.25) is 0 Å². The van der Waals surface area contributed by atoms with E-state index in [9.17, 15) is 13.2 Å². The van der Waals surface area contributed by atoms with E-state index in [0.717, 1.165) is 25.0 Å². The Morgan fingerprint density at radius 2 is 2.12 bits per heavy atom. The number of nitrogens with zero attached hydrogens (tertiary/aromatic N) is 1. The van der Waals surface area contributed by atoms with E-state index in [-0.39, 0.29) is 5.56 Å². The van der Waals surface area contributed by atoms with Crippen LogP contribution in [0, 0.1) is 0 Å². The smallest absolute Gasteiger partial charge is 0.395 e. The van der Waals surface area contributed by atoms with Gasteiger partial charge >= 0.3 is 6.18 Å². The highest BCUT2D eigenvalue weighted by molar-refractivity contribution is 5.79. The summed E-state index contributed by atoms with van der Waals surface area (Å²) in [6.07, 6.45) is -0.101. The normalized spacial score (nSPS) is 12.0. The summed E-state index contributed by atoms with van der Waals surface area (Å²) in [5.41, 5.74) is -0.470. The molecule has 0 atom stereocenters. The van der Waals surface area contributed by atoms with E-state index < -0.39 is 11.7 Å². The van der Waals surface area contributed by atoms with Crippen molar-refractivity contribution >= 4 is 6.21 Å². The van der Waals surface area contributed by atoms with Gasteiger partial charge in [0, 0.05) is 5.56 Å². The van der Waals surface area contributed by atoms with Crippen LogP contribution >= 0.6 is 0 Å². The third kappa shape index (κ3) is 4.89. The molecule has 0 aliphatic carbocycles. The fourth-order valence-corrected chi connectivity index (χ4v) is 1.10. The monoisotopic (exact) mass is 244 g/mol. The molecule has 5 heteroatoms. The molecule has 1 aromatic rings. The molecule has 0 unspecified atom stereocenters. The fraction of sp³-hybridized carbons (Fsp3) is 0.417. The molecule has 0 aromatic heterocycles. The Balaban J connectivity index is 2.60. The van der Waals surface area contributed by atoms with Crippen molar-refractivity contribution in [2.24, 2.45) is 5.16 Å².